The average Bonchev–Trinajstić information content (AvgIpc) is 2.85. The van der Waals surface area contributed by atoms with E-state index in [1.165, 1.54) is 9.87 Å². The fraction of sp³-hybridized carbons (Fsp3) is 0.571. The topological polar surface area (TPSA) is 61.4 Å². The van der Waals surface area contributed by atoms with Gasteiger partial charge in [-0.15, -0.1) is 0 Å². The van der Waals surface area contributed by atoms with Gasteiger partial charge in [-0.25, -0.2) is 0 Å². The smallest absolute Gasteiger partial charge is 0.301 e. The van der Waals surface area contributed by atoms with Crippen LogP contribution in [-0.4, -0.2) is 32.4 Å². The van der Waals surface area contributed by atoms with Crippen LogP contribution in [0.3, 0.4) is 0 Å². The van der Waals surface area contributed by atoms with Crippen molar-refractivity contribution in [2.45, 2.75) is 33.1 Å². The fourth-order valence-corrected chi connectivity index (χ4v) is 3.83. The second-order valence-electron chi connectivity index (χ2n) is 5.05. The molecule has 112 valence electrons. The minimum atomic E-state index is -3.45. The summed E-state index contributed by atoms with van der Waals surface area (Å²) in [6.45, 7) is 5.99. The Morgan fingerprint density at radius 1 is 1.25 bits per heavy atom. The number of anilines is 2. The monoisotopic (exact) mass is 297 g/mol. The van der Waals surface area contributed by atoms with Crippen LogP contribution in [0.1, 0.15) is 32.3 Å². The molecule has 1 heterocycles. The maximum absolute atomic E-state index is 12.4. The van der Waals surface area contributed by atoms with Crippen molar-refractivity contribution in [1.82, 2.24) is 4.31 Å². The first-order valence-electron chi connectivity index (χ1n) is 7.21. The van der Waals surface area contributed by atoms with E-state index in [2.05, 4.69) is 10.0 Å². The van der Waals surface area contributed by atoms with E-state index in [0.717, 1.165) is 31.5 Å². The summed E-state index contributed by atoms with van der Waals surface area (Å²) in [5.74, 6) is 0. The third-order valence-electron chi connectivity index (χ3n) is 3.35. The predicted molar refractivity (Wildman–Crippen MR) is 83.3 cm³/mol. The van der Waals surface area contributed by atoms with Crippen LogP contribution in [0.2, 0.25) is 0 Å². The zero-order valence-electron chi connectivity index (χ0n) is 12.1. The Morgan fingerprint density at radius 2 is 1.95 bits per heavy atom. The maximum Gasteiger partial charge on any atom is 0.301 e. The highest BCUT2D eigenvalue weighted by Gasteiger charge is 2.21. The third kappa shape index (κ3) is 3.43. The van der Waals surface area contributed by atoms with Gasteiger partial charge in [0.25, 0.3) is 0 Å². The molecular formula is C14H23N3O2S. The molecule has 0 bridgehead atoms. The molecule has 1 aliphatic heterocycles. The molecule has 0 unspecified atom stereocenters. The Kier molecular flexibility index (Phi) is 4.88. The quantitative estimate of drug-likeness (QED) is 0.812. The zero-order valence-corrected chi connectivity index (χ0v) is 13.0. The van der Waals surface area contributed by atoms with E-state index >= 15 is 0 Å². The van der Waals surface area contributed by atoms with Gasteiger partial charge >= 0.3 is 10.2 Å². The van der Waals surface area contributed by atoms with Gasteiger partial charge < -0.3 is 5.32 Å². The zero-order chi connectivity index (χ0) is 14.6. The largest absolute Gasteiger partial charge is 0.384 e. The highest BCUT2D eigenvalue weighted by molar-refractivity contribution is 7.90. The molecule has 0 saturated carbocycles. The molecule has 0 radical (unpaired) electrons. The van der Waals surface area contributed by atoms with Gasteiger partial charge in [0.15, 0.2) is 0 Å². The van der Waals surface area contributed by atoms with Crippen LogP contribution in [0.5, 0.6) is 0 Å². The molecule has 0 aliphatic carbocycles. The van der Waals surface area contributed by atoms with Crippen LogP contribution in [0.4, 0.5) is 11.4 Å². The average molecular weight is 297 g/mol. The summed E-state index contributed by atoms with van der Waals surface area (Å²) < 4.78 is 29.0. The Balaban J connectivity index is 2.14. The van der Waals surface area contributed by atoms with Crippen LogP contribution in [0.15, 0.2) is 18.2 Å². The van der Waals surface area contributed by atoms with Crippen molar-refractivity contribution in [3.63, 3.8) is 0 Å². The van der Waals surface area contributed by atoms with Gasteiger partial charge in [0.1, 0.15) is 0 Å². The lowest BCUT2D eigenvalue weighted by Gasteiger charge is -2.22. The lowest BCUT2D eigenvalue weighted by Crippen LogP contribution is -2.37. The van der Waals surface area contributed by atoms with Crippen molar-refractivity contribution in [3.05, 3.63) is 23.8 Å². The summed E-state index contributed by atoms with van der Waals surface area (Å²) in [6, 6.07) is 5.66. The van der Waals surface area contributed by atoms with Crippen LogP contribution in [0, 0.1) is 0 Å². The molecule has 2 rings (SSSR count). The Bertz CT molecular complexity index is 552. The van der Waals surface area contributed by atoms with Gasteiger partial charge in [-0.2, -0.15) is 12.7 Å². The lowest BCUT2D eigenvalue weighted by molar-refractivity contribution is 0.413. The predicted octanol–water partition coefficient (Wildman–Crippen LogP) is 2.43. The first kappa shape index (κ1) is 15.1. The van der Waals surface area contributed by atoms with Gasteiger partial charge in [0.2, 0.25) is 0 Å². The molecule has 1 aromatic rings. The molecule has 0 aromatic heterocycles. The summed E-state index contributed by atoms with van der Waals surface area (Å²) in [6.07, 6.45) is 2.57. The molecular weight excluding hydrogens is 274 g/mol. The van der Waals surface area contributed by atoms with Crippen molar-refractivity contribution in [2.24, 2.45) is 0 Å². The van der Waals surface area contributed by atoms with E-state index in [1.54, 1.807) is 0 Å². The summed E-state index contributed by atoms with van der Waals surface area (Å²) in [7, 11) is -3.45. The van der Waals surface area contributed by atoms with Crippen LogP contribution in [0.25, 0.3) is 0 Å². The lowest BCUT2D eigenvalue weighted by atomic mass is 10.1. The SMILES string of the molecule is CCCN(CCC)S(=O)(=O)Nc1ccc2c(c1)CCN2. The number of nitrogens with zero attached hydrogens (tertiary/aromatic N) is 1. The molecule has 0 amide bonds. The molecule has 0 atom stereocenters. The van der Waals surface area contributed by atoms with Gasteiger partial charge in [-0.1, -0.05) is 13.8 Å². The third-order valence-corrected chi connectivity index (χ3v) is 4.89. The molecule has 1 aromatic carbocycles. The number of hydrogen-bond donors (Lipinski definition) is 2. The van der Waals surface area contributed by atoms with Crippen molar-refractivity contribution >= 4 is 21.6 Å². The van der Waals surface area contributed by atoms with Crippen LogP contribution >= 0.6 is 0 Å². The molecule has 0 fully saturated rings. The molecule has 2 N–H and O–H groups in total. The summed E-state index contributed by atoms with van der Waals surface area (Å²) in [4.78, 5) is 0. The molecule has 1 aliphatic rings. The van der Waals surface area contributed by atoms with Crippen molar-refractivity contribution < 1.29 is 8.42 Å². The van der Waals surface area contributed by atoms with Crippen LogP contribution in [-0.2, 0) is 16.6 Å². The number of rotatable bonds is 7. The van der Waals surface area contributed by atoms with Crippen LogP contribution < -0.4 is 10.0 Å². The van der Waals surface area contributed by atoms with E-state index in [1.807, 2.05) is 32.0 Å². The van der Waals surface area contributed by atoms with Crippen molar-refractivity contribution in [2.75, 3.05) is 29.7 Å². The summed E-state index contributed by atoms with van der Waals surface area (Å²) in [5.41, 5.74) is 2.92. The highest BCUT2D eigenvalue weighted by atomic mass is 32.2. The first-order valence-corrected chi connectivity index (χ1v) is 8.65. The van der Waals surface area contributed by atoms with E-state index < -0.39 is 10.2 Å². The first-order chi connectivity index (χ1) is 9.56. The van der Waals surface area contributed by atoms with Gasteiger partial charge in [-0.05, 0) is 43.0 Å². The fourth-order valence-electron chi connectivity index (χ4n) is 2.43. The normalized spacial score (nSPS) is 14.2. The number of fused-ring (bicyclic) bond motifs is 1. The summed E-state index contributed by atoms with van der Waals surface area (Å²) >= 11 is 0. The Labute approximate surface area is 121 Å². The Morgan fingerprint density at radius 3 is 2.60 bits per heavy atom. The minimum absolute atomic E-state index is 0.551. The van der Waals surface area contributed by atoms with E-state index in [4.69, 9.17) is 0 Å². The van der Waals surface area contributed by atoms with Gasteiger partial charge in [-0.3, -0.25) is 4.72 Å². The number of hydrogen-bond acceptors (Lipinski definition) is 3. The van der Waals surface area contributed by atoms with E-state index in [9.17, 15) is 8.42 Å². The summed E-state index contributed by atoms with van der Waals surface area (Å²) in [5, 5.41) is 3.27. The maximum atomic E-state index is 12.4. The van der Waals surface area contributed by atoms with Gasteiger partial charge in [0.05, 0.1) is 5.69 Å². The second-order valence-corrected chi connectivity index (χ2v) is 6.73. The molecule has 5 nitrogen and oxygen atoms in total. The highest BCUT2D eigenvalue weighted by Crippen LogP contribution is 2.26. The molecule has 6 heteroatoms. The number of nitrogens with one attached hydrogen (secondary N) is 2. The molecule has 20 heavy (non-hydrogen) atoms. The number of benzene rings is 1. The minimum Gasteiger partial charge on any atom is -0.384 e. The van der Waals surface area contributed by atoms with E-state index in [0.29, 0.717) is 18.8 Å². The molecule has 0 spiro atoms. The second kappa shape index (κ2) is 6.45. The van der Waals surface area contributed by atoms with Crippen molar-refractivity contribution in [1.29, 1.82) is 0 Å². The Hall–Kier alpha value is -1.27. The molecule has 0 saturated heterocycles. The van der Waals surface area contributed by atoms with Crippen molar-refractivity contribution in [3.8, 4) is 0 Å². The standard InChI is InChI=1S/C14H23N3O2S/c1-3-9-17(10-4-2)20(18,19)16-13-5-6-14-12(11-13)7-8-15-14/h5-6,11,15-16H,3-4,7-10H2,1-2H3. The van der Waals surface area contributed by atoms with E-state index in [-0.39, 0.29) is 0 Å². The van der Waals surface area contributed by atoms with Gasteiger partial charge in [0, 0.05) is 25.3 Å².